The van der Waals surface area contributed by atoms with Crippen molar-refractivity contribution in [2.45, 2.75) is 71.5 Å². The third-order valence-corrected chi connectivity index (χ3v) is 10.5. The molecule has 4 aromatic rings. The van der Waals surface area contributed by atoms with Crippen molar-refractivity contribution >= 4 is 46.4 Å². The molecule has 324 valence electrons. The standard InChI is InChI=1S/C40H51N7O6.C2HF3O2/c1-4-47(5-2)20-6-19-41-36(48)30-15-17-32(25(3)21-30)28-11-7-26(8-12-28)22-35(39(51)43-31-16-18-33-34(23-31)45-46-38(33)50)44-37(49)29-13-9-27(10-14-29)24-42-40(52)53;3-2(4,5)1(6)7/h7-8,11-12,15-18,21,23,27,29,35,42H,4-6,9-10,13-14,19-20,22,24H2,1-3H3,(H,41,48)(H,43,51)(H,44,49)(H,52,53)(H2,45,46,50);(H,6,7)/t27-,29-,35-;/m0./s1. The number of hydrogen-bond acceptors (Lipinski definition) is 7. The first-order chi connectivity index (χ1) is 28.5. The van der Waals surface area contributed by atoms with Gasteiger partial charge in [-0.1, -0.05) is 44.2 Å². The lowest BCUT2D eigenvalue weighted by Gasteiger charge is -2.29. The van der Waals surface area contributed by atoms with E-state index in [2.05, 4.69) is 50.2 Å². The third kappa shape index (κ3) is 13.7. The fraction of sp³-hybridized carbons (Fsp3) is 0.429. The van der Waals surface area contributed by atoms with Crippen molar-refractivity contribution in [3.63, 3.8) is 0 Å². The molecule has 5 rings (SSSR count). The first-order valence-corrected chi connectivity index (χ1v) is 19.8. The highest BCUT2D eigenvalue weighted by Crippen LogP contribution is 2.29. The molecule has 0 aliphatic heterocycles. The first-order valence-electron chi connectivity index (χ1n) is 19.8. The number of halogens is 3. The Bertz CT molecular complexity index is 2160. The van der Waals surface area contributed by atoms with Crippen LogP contribution >= 0.6 is 0 Å². The summed E-state index contributed by atoms with van der Waals surface area (Å²) in [5, 5.41) is 33.2. The summed E-state index contributed by atoms with van der Waals surface area (Å²) in [6.45, 7) is 10.2. The molecule has 1 aliphatic rings. The molecule has 8 N–H and O–H groups in total. The van der Waals surface area contributed by atoms with Crippen molar-refractivity contribution in [2.24, 2.45) is 11.8 Å². The summed E-state index contributed by atoms with van der Waals surface area (Å²) < 4.78 is 31.7. The number of fused-ring (bicyclic) bond motifs is 1. The minimum atomic E-state index is -5.08. The molecule has 1 aliphatic carbocycles. The molecular formula is C42H52F3N7O8. The number of carboxylic acids is 1. The molecule has 1 heterocycles. The maximum absolute atomic E-state index is 13.7. The molecule has 0 saturated heterocycles. The fourth-order valence-electron chi connectivity index (χ4n) is 7.03. The number of carboxylic acid groups (broad SMARTS) is 2. The number of amides is 4. The molecular weight excluding hydrogens is 787 g/mol. The second-order valence-corrected chi connectivity index (χ2v) is 14.7. The number of benzene rings is 3. The predicted octanol–water partition coefficient (Wildman–Crippen LogP) is 5.67. The Hall–Kier alpha value is -6.17. The lowest BCUT2D eigenvalue weighted by molar-refractivity contribution is -0.192. The largest absolute Gasteiger partial charge is 0.490 e. The molecule has 1 fully saturated rings. The molecule has 0 spiro atoms. The van der Waals surface area contributed by atoms with Gasteiger partial charge in [-0.25, -0.2) is 9.59 Å². The van der Waals surface area contributed by atoms with Crippen LogP contribution in [0.25, 0.3) is 22.0 Å². The molecule has 0 radical (unpaired) electrons. The summed E-state index contributed by atoms with van der Waals surface area (Å²) in [5.74, 6) is -3.56. The number of aromatic amines is 2. The maximum Gasteiger partial charge on any atom is 0.490 e. The van der Waals surface area contributed by atoms with Gasteiger partial charge < -0.3 is 36.4 Å². The Balaban J connectivity index is 0.00000104. The zero-order valence-corrected chi connectivity index (χ0v) is 33.7. The first kappa shape index (κ1) is 46.5. The second kappa shape index (κ2) is 21.7. The van der Waals surface area contributed by atoms with Crippen molar-refractivity contribution in [3.05, 3.63) is 87.7 Å². The van der Waals surface area contributed by atoms with Crippen LogP contribution < -0.4 is 26.8 Å². The van der Waals surface area contributed by atoms with Gasteiger partial charge in [0.05, 0.1) is 10.9 Å². The van der Waals surface area contributed by atoms with Gasteiger partial charge in [-0.15, -0.1) is 0 Å². The number of nitrogens with one attached hydrogen (secondary N) is 6. The molecule has 1 aromatic heterocycles. The van der Waals surface area contributed by atoms with Gasteiger partial charge >= 0.3 is 18.2 Å². The van der Waals surface area contributed by atoms with Crippen LogP contribution in [0, 0.1) is 18.8 Å². The van der Waals surface area contributed by atoms with Gasteiger partial charge in [0.1, 0.15) is 6.04 Å². The van der Waals surface area contributed by atoms with Crippen LogP contribution in [-0.4, -0.2) is 100 Å². The van der Waals surface area contributed by atoms with Crippen LogP contribution in [0.3, 0.4) is 0 Å². The highest BCUT2D eigenvalue weighted by molar-refractivity contribution is 5.99. The normalized spacial score (nSPS) is 15.7. The summed E-state index contributed by atoms with van der Waals surface area (Å²) in [4.78, 5) is 74.2. The molecule has 60 heavy (non-hydrogen) atoms. The highest BCUT2D eigenvalue weighted by Gasteiger charge is 2.38. The zero-order chi connectivity index (χ0) is 44.0. The van der Waals surface area contributed by atoms with Gasteiger partial charge in [-0.3, -0.25) is 29.4 Å². The molecule has 1 atom stereocenters. The Morgan fingerprint density at radius 2 is 1.55 bits per heavy atom. The number of aryl methyl sites for hydroxylation is 1. The van der Waals surface area contributed by atoms with Gasteiger partial charge in [-0.05, 0) is 117 Å². The van der Waals surface area contributed by atoms with E-state index in [0.717, 1.165) is 48.3 Å². The van der Waals surface area contributed by atoms with Crippen LogP contribution in [-0.2, 0) is 20.8 Å². The molecule has 0 bridgehead atoms. The number of carbonyl (C=O) groups excluding carboxylic acids is 3. The Morgan fingerprint density at radius 1 is 0.883 bits per heavy atom. The van der Waals surface area contributed by atoms with E-state index in [1.54, 1.807) is 18.2 Å². The number of hydrogen-bond donors (Lipinski definition) is 8. The molecule has 4 amide bonds. The van der Waals surface area contributed by atoms with Crippen LogP contribution in [0.2, 0.25) is 0 Å². The van der Waals surface area contributed by atoms with Crippen molar-refractivity contribution in [1.82, 2.24) is 31.0 Å². The van der Waals surface area contributed by atoms with E-state index in [0.29, 0.717) is 60.9 Å². The third-order valence-electron chi connectivity index (χ3n) is 10.5. The van der Waals surface area contributed by atoms with Crippen LogP contribution in [0.4, 0.5) is 23.7 Å². The van der Waals surface area contributed by atoms with E-state index >= 15 is 0 Å². The van der Waals surface area contributed by atoms with E-state index in [4.69, 9.17) is 15.0 Å². The monoisotopic (exact) mass is 839 g/mol. The summed E-state index contributed by atoms with van der Waals surface area (Å²) in [7, 11) is 0. The smallest absolute Gasteiger partial charge is 0.475 e. The van der Waals surface area contributed by atoms with Gasteiger partial charge in [0, 0.05) is 36.7 Å². The molecule has 3 aromatic carbocycles. The van der Waals surface area contributed by atoms with Gasteiger partial charge in [0.25, 0.3) is 11.5 Å². The number of aliphatic carboxylic acids is 1. The minimum Gasteiger partial charge on any atom is -0.475 e. The van der Waals surface area contributed by atoms with E-state index in [9.17, 15) is 37.1 Å². The summed E-state index contributed by atoms with van der Waals surface area (Å²) in [6, 6.07) is 17.6. The predicted molar refractivity (Wildman–Crippen MR) is 220 cm³/mol. The van der Waals surface area contributed by atoms with Gasteiger partial charge in [0.15, 0.2) is 0 Å². The van der Waals surface area contributed by atoms with Crippen LogP contribution in [0.15, 0.2) is 65.5 Å². The number of anilines is 1. The van der Waals surface area contributed by atoms with Crippen LogP contribution in [0.5, 0.6) is 0 Å². The minimum absolute atomic E-state index is 0.0922. The van der Waals surface area contributed by atoms with Gasteiger partial charge in [-0.2, -0.15) is 13.2 Å². The van der Waals surface area contributed by atoms with Crippen molar-refractivity contribution in [2.75, 3.05) is 38.0 Å². The van der Waals surface area contributed by atoms with Crippen molar-refractivity contribution in [3.8, 4) is 11.1 Å². The Morgan fingerprint density at radius 3 is 2.15 bits per heavy atom. The van der Waals surface area contributed by atoms with Crippen molar-refractivity contribution in [1.29, 1.82) is 0 Å². The SMILES string of the molecule is CCN(CC)CCCNC(=O)c1ccc(-c2ccc(C[C@H](NC(=O)[C@H]3CC[C@H](CNC(=O)O)CC3)C(=O)Nc3ccc4c(=O)[nH][nH]c4c3)cc2)c(C)c1.O=C(O)C(F)(F)F. The molecule has 15 nitrogen and oxygen atoms in total. The van der Waals surface area contributed by atoms with Crippen molar-refractivity contribution < 1.29 is 47.4 Å². The number of nitrogens with zero attached hydrogens (tertiary/aromatic N) is 1. The van der Waals surface area contributed by atoms with Gasteiger partial charge in [0.2, 0.25) is 11.8 Å². The second-order valence-electron chi connectivity index (χ2n) is 14.7. The maximum atomic E-state index is 13.7. The fourth-order valence-corrected chi connectivity index (χ4v) is 7.03. The Kier molecular flexibility index (Phi) is 16.8. The lowest BCUT2D eigenvalue weighted by Crippen LogP contribution is -2.48. The average molecular weight is 840 g/mol. The van der Waals surface area contributed by atoms with E-state index < -0.39 is 30.2 Å². The topological polar surface area (TPSA) is 226 Å². The number of alkyl halides is 3. The number of rotatable bonds is 16. The molecule has 0 unspecified atom stereocenters. The molecule has 18 heteroatoms. The van der Waals surface area contributed by atoms with E-state index in [1.807, 2.05) is 49.4 Å². The summed E-state index contributed by atoms with van der Waals surface area (Å²) in [6.07, 6.45) is -2.36. The Labute approximate surface area is 344 Å². The van der Waals surface area contributed by atoms with E-state index in [1.165, 1.54) is 0 Å². The number of carbonyl (C=O) groups is 5. The average Bonchev–Trinajstić information content (AvgIpc) is 3.59. The highest BCUT2D eigenvalue weighted by atomic mass is 19.4. The van der Waals surface area contributed by atoms with Crippen LogP contribution in [0.1, 0.15) is 67.4 Å². The lowest BCUT2D eigenvalue weighted by atomic mass is 9.81. The quantitative estimate of drug-likeness (QED) is 0.0650. The zero-order valence-electron chi connectivity index (χ0n) is 33.7. The summed E-state index contributed by atoms with van der Waals surface area (Å²) in [5.41, 5.74) is 5.15. The molecule has 1 saturated carbocycles. The number of H-pyrrole nitrogens is 2. The number of aromatic nitrogens is 2. The van der Waals surface area contributed by atoms with E-state index in [-0.39, 0.29) is 35.6 Å². The summed E-state index contributed by atoms with van der Waals surface area (Å²) >= 11 is 0.